The monoisotopic (exact) mass is 250 g/mol. The predicted molar refractivity (Wildman–Crippen MR) is 59.9 cm³/mol. The van der Waals surface area contributed by atoms with Crippen LogP contribution >= 0.6 is 0 Å². The van der Waals surface area contributed by atoms with Gasteiger partial charge in [-0.1, -0.05) is 5.16 Å². The molecule has 0 radical (unpaired) electrons. The fourth-order valence-corrected chi connectivity index (χ4v) is 1.38. The summed E-state index contributed by atoms with van der Waals surface area (Å²) in [5.41, 5.74) is 1.06. The molecule has 0 atom stereocenters. The van der Waals surface area contributed by atoms with Crippen molar-refractivity contribution in [2.24, 2.45) is 0 Å². The largest absolute Gasteiger partial charge is 0.482 e. The minimum absolute atomic E-state index is 0.104. The average Bonchev–Trinajstić information content (AvgIpc) is 2.88. The predicted octanol–water partition coefficient (Wildman–Crippen LogP) is 1.65. The van der Waals surface area contributed by atoms with Gasteiger partial charge in [0.05, 0.1) is 17.7 Å². The molecule has 1 aromatic carbocycles. The first-order valence-corrected chi connectivity index (χ1v) is 5.10. The lowest BCUT2D eigenvalue weighted by molar-refractivity contribution is -0.386. The van der Waals surface area contributed by atoms with Crippen LogP contribution in [0.1, 0.15) is 11.1 Å². The molecule has 0 saturated carbocycles. The molecular formula is C11H10N2O5. The number of ether oxygens (including phenoxy) is 1. The van der Waals surface area contributed by atoms with Crippen molar-refractivity contribution in [1.29, 1.82) is 0 Å². The second kappa shape index (κ2) is 5.28. The first kappa shape index (κ1) is 12.1. The van der Waals surface area contributed by atoms with E-state index in [1.54, 1.807) is 0 Å². The van der Waals surface area contributed by atoms with Gasteiger partial charge in [-0.3, -0.25) is 10.1 Å². The Bertz CT molecular complexity index is 538. The first-order valence-electron chi connectivity index (χ1n) is 5.10. The molecule has 0 bridgehead atoms. The quantitative estimate of drug-likeness (QED) is 0.639. The van der Waals surface area contributed by atoms with Gasteiger partial charge in [-0.2, -0.15) is 0 Å². The Kier molecular flexibility index (Phi) is 3.54. The van der Waals surface area contributed by atoms with Gasteiger partial charge in [0.2, 0.25) is 0 Å². The van der Waals surface area contributed by atoms with Crippen molar-refractivity contribution in [3.05, 3.63) is 51.9 Å². The van der Waals surface area contributed by atoms with Crippen LogP contribution in [0.5, 0.6) is 5.75 Å². The normalized spacial score (nSPS) is 10.3. The van der Waals surface area contributed by atoms with Crippen LogP contribution in [0.25, 0.3) is 0 Å². The molecule has 7 nitrogen and oxygen atoms in total. The van der Waals surface area contributed by atoms with Crippen LogP contribution in [0.4, 0.5) is 5.69 Å². The van der Waals surface area contributed by atoms with Crippen LogP contribution in [0, 0.1) is 10.1 Å². The topological polar surface area (TPSA) is 98.6 Å². The Morgan fingerprint density at radius 3 is 2.89 bits per heavy atom. The number of hydrogen-bond donors (Lipinski definition) is 1. The molecule has 0 aliphatic carbocycles. The van der Waals surface area contributed by atoms with Gasteiger partial charge in [-0.25, -0.2) is 0 Å². The zero-order valence-corrected chi connectivity index (χ0v) is 9.28. The van der Waals surface area contributed by atoms with Gasteiger partial charge >= 0.3 is 5.69 Å². The molecule has 2 rings (SSSR count). The molecule has 7 heteroatoms. The smallest absolute Gasteiger partial charge is 0.310 e. The molecule has 2 aromatic rings. The molecule has 1 N–H and O–H groups in total. The number of aromatic nitrogens is 1. The van der Waals surface area contributed by atoms with Crippen molar-refractivity contribution in [1.82, 2.24) is 5.16 Å². The SMILES string of the molecule is O=[N+]([O-])c1ccc(CO)cc1OCc1cnoc1. The van der Waals surface area contributed by atoms with Gasteiger partial charge < -0.3 is 14.4 Å². The van der Waals surface area contributed by atoms with Crippen LogP contribution in [-0.4, -0.2) is 15.2 Å². The molecule has 0 spiro atoms. The van der Waals surface area contributed by atoms with Crippen LogP contribution < -0.4 is 4.74 Å². The lowest BCUT2D eigenvalue weighted by Gasteiger charge is -2.06. The zero-order chi connectivity index (χ0) is 13.0. The van der Waals surface area contributed by atoms with Gasteiger partial charge in [0.15, 0.2) is 5.75 Å². The lowest BCUT2D eigenvalue weighted by Crippen LogP contribution is -1.99. The van der Waals surface area contributed by atoms with E-state index < -0.39 is 4.92 Å². The Balaban J connectivity index is 2.20. The van der Waals surface area contributed by atoms with E-state index in [2.05, 4.69) is 9.68 Å². The Hall–Kier alpha value is -2.41. The first-order chi connectivity index (χ1) is 8.70. The van der Waals surface area contributed by atoms with Crippen LogP contribution in [-0.2, 0) is 13.2 Å². The highest BCUT2D eigenvalue weighted by Gasteiger charge is 2.15. The highest BCUT2D eigenvalue weighted by molar-refractivity contribution is 5.48. The van der Waals surface area contributed by atoms with Crippen LogP contribution in [0.2, 0.25) is 0 Å². The number of nitrogens with zero attached hydrogens (tertiary/aromatic N) is 2. The van der Waals surface area contributed by atoms with Gasteiger partial charge in [0, 0.05) is 11.6 Å². The highest BCUT2D eigenvalue weighted by atomic mass is 16.6. The average molecular weight is 250 g/mol. The third kappa shape index (κ3) is 2.64. The van der Waals surface area contributed by atoms with E-state index in [0.717, 1.165) is 0 Å². The molecule has 0 aliphatic heterocycles. The third-order valence-electron chi connectivity index (χ3n) is 2.28. The summed E-state index contributed by atoms with van der Waals surface area (Å²) >= 11 is 0. The molecule has 0 aliphatic rings. The van der Waals surface area contributed by atoms with Crippen molar-refractivity contribution < 1.29 is 19.3 Å². The highest BCUT2D eigenvalue weighted by Crippen LogP contribution is 2.28. The summed E-state index contributed by atoms with van der Waals surface area (Å²) < 4.78 is 9.95. The molecular weight excluding hydrogens is 240 g/mol. The third-order valence-corrected chi connectivity index (χ3v) is 2.28. The number of nitro groups is 1. The van der Waals surface area contributed by atoms with E-state index in [1.807, 2.05) is 0 Å². The molecule has 18 heavy (non-hydrogen) atoms. The second-order valence-electron chi connectivity index (χ2n) is 3.54. The summed E-state index contributed by atoms with van der Waals surface area (Å²) in [6.07, 6.45) is 2.85. The van der Waals surface area contributed by atoms with Crippen LogP contribution in [0.15, 0.2) is 35.2 Å². The van der Waals surface area contributed by atoms with Crippen molar-refractivity contribution in [2.75, 3.05) is 0 Å². The maximum atomic E-state index is 10.8. The maximum Gasteiger partial charge on any atom is 0.310 e. The van der Waals surface area contributed by atoms with E-state index in [0.29, 0.717) is 11.1 Å². The van der Waals surface area contributed by atoms with Crippen molar-refractivity contribution in [3.8, 4) is 5.75 Å². The second-order valence-corrected chi connectivity index (χ2v) is 3.54. The Morgan fingerprint density at radius 2 is 2.28 bits per heavy atom. The standard InChI is InChI=1S/C11H10N2O5/c14-5-8-1-2-10(13(15)16)11(3-8)17-6-9-4-12-18-7-9/h1-4,7,14H,5-6H2. The molecule has 0 fully saturated rings. The maximum absolute atomic E-state index is 10.8. The lowest BCUT2D eigenvalue weighted by atomic mass is 10.2. The minimum Gasteiger partial charge on any atom is -0.482 e. The molecule has 1 aromatic heterocycles. The molecule has 94 valence electrons. The number of rotatable bonds is 5. The molecule has 1 heterocycles. The molecule has 0 unspecified atom stereocenters. The zero-order valence-electron chi connectivity index (χ0n) is 9.28. The van der Waals surface area contributed by atoms with Gasteiger partial charge in [0.25, 0.3) is 0 Å². The Labute approximate surface area is 102 Å². The van der Waals surface area contributed by atoms with Crippen molar-refractivity contribution in [3.63, 3.8) is 0 Å². The van der Waals surface area contributed by atoms with Gasteiger partial charge in [-0.05, 0) is 17.7 Å². The number of aliphatic hydroxyl groups is 1. The molecule has 0 saturated heterocycles. The van der Waals surface area contributed by atoms with Crippen LogP contribution in [0.3, 0.4) is 0 Å². The Morgan fingerprint density at radius 1 is 1.44 bits per heavy atom. The fourth-order valence-electron chi connectivity index (χ4n) is 1.38. The number of benzene rings is 1. The summed E-state index contributed by atoms with van der Waals surface area (Å²) in [6.45, 7) is -0.0964. The van der Waals surface area contributed by atoms with E-state index in [1.165, 1.54) is 30.7 Å². The molecule has 0 amide bonds. The number of aliphatic hydroxyl groups excluding tert-OH is 1. The summed E-state index contributed by atoms with van der Waals surface area (Å²) in [7, 11) is 0. The van der Waals surface area contributed by atoms with Gasteiger partial charge in [-0.15, -0.1) is 0 Å². The summed E-state index contributed by atoms with van der Waals surface area (Å²) in [5, 5.41) is 23.3. The summed E-state index contributed by atoms with van der Waals surface area (Å²) in [6, 6.07) is 4.21. The number of nitro benzene ring substituents is 1. The minimum atomic E-state index is -0.538. The van der Waals surface area contributed by atoms with E-state index in [4.69, 9.17) is 9.84 Å². The van der Waals surface area contributed by atoms with E-state index in [-0.39, 0.29) is 24.7 Å². The van der Waals surface area contributed by atoms with Gasteiger partial charge in [0.1, 0.15) is 12.9 Å². The summed E-state index contributed by atoms with van der Waals surface area (Å²) in [4.78, 5) is 10.3. The van der Waals surface area contributed by atoms with E-state index >= 15 is 0 Å². The summed E-state index contributed by atoms with van der Waals surface area (Å²) in [5.74, 6) is 0.104. The number of hydrogen-bond acceptors (Lipinski definition) is 6. The van der Waals surface area contributed by atoms with Crippen molar-refractivity contribution in [2.45, 2.75) is 13.2 Å². The fraction of sp³-hybridized carbons (Fsp3) is 0.182. The van der Waals surface area contributed by atoms with Crippen molar-refractivity contribution >= 4 is 5.69 Å². The van der Waals surface area contributed by atoms with E-state index in [9.17, 15) is 10.1 Å².